The second-order valence-corrected chi connectivity index (χ2v) is 10.1. The number of carbonyl (C=O) groups excluding carboxylic acids is 1. The number of fused-ring (bicyclic) bond motifs is 3. The van der Waals surface area contributed by atoms with Gasteiger partial charge in [-0.25, -0.2) is 0 Å². The van der Waals surface area contributed by atoms with E-state index in [4.69, 9.17) is 16.3 Å². The van der Waals surface area contributed by atoms with Gasteiger partial charge in [0.2, 0.25) is 0 Å². The van der Waals surface area contributed by atoms with E-state index in [1.54, 1.807) is 0 Å². The van der Waals surface area contributed by atoms with Gasteiger partial charge in [-0.3, -0.25) is 9.69 Å². The van der Waals surface area contributed by atoms with Crippen LogP contribution in [0.1, 0.15) is 48.2 Å². The molecule has 1 spiro atoms. The molecule has 1 amide bonds. The summed E-state index contributed by atoms with van der Waals surface area (Å²) in [6.45, 7) is 2.42. The molecule has 5 aliphatic rings. The summed E-state index contributed by atoms with van der Waals surface area (Å²) in [6, 6.07) is 6.17. The molecule has 7 rings (SSSR count). The SMILES string of the molecule is O=C(N[C@H]1C2CCN(CC2)C12CC2)c1cc2ccc(Cl)c(OC3CC3)c2s1. The third kappa shape index (κ3) is 2.62. The maximum Gasteiger partial charge on any atom is 0.261 e. The van der Waals surface area contributed by atoms with Gasteiger partial charge >= 0.3 is 0 Å². The van der Waals surface area contributed by atoms with Crippen LogP contribution >= 0.6 is 22.9 Å². The van der Waals surface area contributed by atoms with Crippen molar-refractivity contribution in [3.63, 3.8) is 0 Å². The third-order valence-electron chi connectivity index (χ3n) is 6.89. The summed E-state index contributed by atoms with van der Waals surface area (Å²) in [4.78, 5) is 16.5. The molecule has 1 aromatic heterocycles. The molecule has 2 aliphatic carbocycles. The lowest BCUT2D eigenvalue weighted by atomic mass is 9.77. The van der Waals surface area contributed by atoms with Crippen molar-refractivity contribution in [1.82, 2.24) is 10.2 Å². The van der Waals surface area contributed by atoms with E-state index in [-0.39, 0.29) is 17.6 Å². The van der Waals surface area contributed by atoms with Crippen molar-refractivity contribution >= 4 is 38.9 Å². The predicted octanol–water partition coefficient (Wildman–Crippen LogP) is 4.45. The molecule has 1 N–H and O–H groups in total. The molecule has 2 saturated carbocycles. The van der Waals surface area contributed by atoms with Gasteiger partial charge in [0.05, 0.1) is 26.7 Å². The number of carbonyl (C=O) groups is 1. The van der Waals surface area contributed by atoms with Crippen molar-refractivity contribution in [3.8, 4) is 5.75 Å². The van der Waals surface area contributed by atoms with Crippen LogP contribution in [0.25, 0.3) is 10.1 Å². The van der Waals surface area contributed by atoms with Crippen LogP contribution in [0.4, 0.5) is 0 Å². The Bertz CT molecular complexity index is 926. The largest absolute Gasteiger partial charge is 0.487 e. The predicted molar refractivity (Wildman–Crippen MR) is 108 cm³/mol. The van der Waals surface area contributed by atoms with E-state index in [1.807, 2.05) is 18.2 Å². The lowest BCUT2D eigenvalue weighted by molar-refractivity contribution is -0.00138. The standard InChI is InChI=1S/C21H23ClN2O2S/c22-15-4-1-13-11-16(27-18(13)17(15)26-14-2-3-14)20(25)23-19-12-5-9-24(10-6-12)21(19)7-8-21/h1,4,11-12,14,19H,2-3,5-10H2,(H,23,25)/t19-/m0/s1. The van der Waals surface area contributed by atoms with Gasteiger partial charge in [0.25, 0.3) is 5.91 Å². The number of thiophene rings is 1. The van der Waals surface area contributed by atoms with Crippen LogP contribution in [0.5, 0.6) is 5.75 Å². The highest BCUT2D eigenvalue weighted by molar-refractivity contribution is 7.21. The Hall–Kier alpha value is -1.30. The fraction of sp³-hybridized carbons (Fsp3) is 0.571. The van der Waals surface area contributed by atoms with Gasteiger partial charge in [-0.15, -0.1) is 11.3 Å². The fourth-order valence-corrected chi connectivity index (χ4v) is 6.47. The first-order valence-electron chi connectivity index (χ1n) is 10.1. The molecular weight excluding hydrogens is 380 g/mol. The van der Waals surface area contributed by atoms with Crippen LogP contribution in [0, 0.1) is 5.92 Å². The van der Waals surface area contributed by atoms with Gasteiger partial charge in [0.15, 0.2) is 5.75 Å². The number of hydrogen-bond acceptors (Lipinski definition) is 4. The highest BCUT2D eigenvalue weighted by Crippen LogP contribution is 2.53. The zero-order valence-electron chi connectivity index (χ0n) is 15.2. The van der Waals surface area contributed by atoms with Gasteiger partial charge in [-0.2, -0.15) is 0 Å². The summed E-state index contributed by atoms with van der Waals surface area (Å²) in [5, 5.41) is 5.10. The van der Waals surface area contributed by atoms with E-state index in [2.05, 4.69) is 10.2 Å². The van der Waals surface area contributed by atoms with Crippen molar-refractivity contribution in [2.75, 3.05) is 13.1 Å². The van der Waals surface area contributed by atoms with Gasteiger partial charge < -0.3 is 10.1 Å². The second kappa shape index (κ2) is 5.85. The molecule has 3 aliphatic heterocycles. The molecule has 6 heteroatoms. The van der Waals surface area contributed by atoms with Gasteiger partial charge in [0.1, 0.15) is 0 Å². The summed E-state index contributed by atoms with van der Waals surface area (Å²) in [7, 11) is 0. The van der Waals surface area contributed by atoms with E-state index in [9.17, 15) is 4.79 Å². The molecule has 5 fully saturated rings. The number of nitrogens with zero attached hydrogens (tertiary/aromatic N) is 1. The summed E-state index contributed by atoms with van der Waals surface area (Å²) < 4.78 is 7.03. The molecule has 4 heterocycles. The van der Waals surface area contributed by atoms with Gasteiger partial charge in [-0.1, -0.05) is 17.7 Å². The molecular formula is C21H23ClN2O2S. The molecule has 2 aromatic rings. The van der Waals surface area contributed by atoms with E-state index in [0.29, 0.717) is 17.0 Å². The number of hydrogen-bond donors (Lipinski definition) is 1. The molecule has 0 radical (unpaired) electrons. The molecule has 2 bridgehead atoms. The first kappa shape index (κ1) is 16.6. The fourth-order valence-electron chi connectivity index (χ4n) is 5.16. The second-order valence-electron chi connectivity index (χ2n) is 8.60. The Morgan fingerprint density at radius 3 is 2.70 bits per heavy atom. The number of nitrogens with one attached hydrogen (secondary N) is 1. The molecule has 3 saturated heterocycles. The van der Waals surface area contributed by atoms with Crippen molar-refractivity contribution in [3.05, 3.63) is 28.1 Å². The molecule has 1 aromatic carbocycles. The van der Waals surface area contributed by atoms with Crippen LogP contribution in [-0.4, -0.2) is 41.6 Å². The van der Waals surface area contributed by atoms with Crippen LogP contribution in [0.3, 0.4) is 0 Å². The third-order valence-corrected chi connectivity index (χ3v) is 8.34. The summed E-state index contributed by atoms with van der Waals surface area (Å²) >= 11 is 7.89. The highest BCUT2D eigenvalue weighted by atomic mass is 35.5. The Balaban J connectivity index is 1.29. The summed E-state index contributed by atoms with van der Waals surface area (Å²) in [6.07, 6.45) is 7.36. The molecule has 27 heavy (non-hydrogen) atoms. The number of benzene rings is 1. The summed E-state index contributed by atoms with van der Waals surface area (Å²) in [5.41, 5.74) is 0.261. The van der Waals surface area contributed by atoms with E-state index >= 15 is 0 Å². The molecule has 142 valence electrons. The number of ether oxygens (including phenoxy) is 1. The van der Waals surface area contributed by atoms with Gasteiger partial charge in [-0.05, 0) is 75.1 Å². The van der Waals surface area contributed by atoms with E-state index < -0.39 is 0 Å². The summed E-state index contributed by atoms with van der Waals surface area (Å²) in [5.74, 6) is 1.45. The minimum absolute atomic E-state index is 0.0646. The number of halogens is 1. The Morgan fingerprint density at radius 2 is 2.00 bits per heavy atom. The average Bonchev–Trinajstić information content (AvgIpc) is 3.60. The topological polar surface area (TPSA) is 41.6 Å². The maximum absolute atomic E-state index is 13.1. The Morgan fingerprint density at radius 1 is 1.22 bits per heavy atom. The van der Waals surface area contributed by atoms with E-state index in [1.165, 1.54) is 50.1 Å². The minimum Gasteiger partial charge on any atom is -0.487 e. The zero-order chi connectivity index (χ0) is 18.2. The first-order valence-corrected chi connectivity index (χ1v) is 11.3. The average molecular weight is 403 g/mol. The first-order chi connectivity index (χ1) is 13.1. The maximum atomic E-state index is 13.1. The van der Waals surface area contributed by atoms with Crippen molar-refractivity contribution in [2.24, 2.45) is 5.92 Å². The monoisotopic (exact) mass is 402 g/mol. The number of piperidine rings is 3. The normalized spacial score (nSPS) is 30.6. The van der Waals surface area contributed by atoms with Crippen LogP contribution in [0.15, 0.2) is 18.2 Å². The molecule has 4 nitrogen and oxygen atoms in total. The van der Waals surface area contributed by atoms with Crippen LogP contribution in [-0.2, 0) is 0 Å². The van der Waals surface area contributed by atoms with E-state index in [0.717, 1.165) is 33.6 Å². The minimum atomic E-state index is 0.0646. The van der Waals surface area contributed by atoms with Crippen molar-refractivity contribution < 1.29 is 9.53 Å². The Kier molecular flexibility index (Phi) is 3.60. The van der Waals surface area contributed by atoms with Crippen LogP contribution in [0.2, 0.25) is 5.02 Å². The quantitative estimate of drug-likeness (QED) is 0.821. The lowest BCUT2D eigenvalue weighted by Gasteiger charge is -2.52. The highest BCUT2D eigenvalue weighted by Gasteiger charge is 2.60. The van der Waals surface area contributed by atoms with Crippen LogP contribution < -0.4 is 10.1 Å². The lowest BCUT2D eigenvalue weighted by Crippen LogP contribution is -2.65. The number of rotatable bonds is 4. The molecule has 0 unspecified atom stereocenters. The smallest absolute Gasteiger partial charge is 0.261 e. The van der Waals surface area contributed by atoms with Crippen molar-refractivity contribution in [1.29, 1.82) is 0 Å². The molecule has 1 atom stereocenters. The van der Waals surface area contributed by atoms with Crippen molar-refractivity contribution in [2.45, 2.75) is 56.2 Å². The zero-order valence-corrected chi connectivity index (χ0v) is 16.7. The van der Waals surface area contributed by atoms with Gasteiger partial charge in [0, 0.05) is 5.54 Å². The number of amides is 1. The Labute approximate surface area is 167 Å².